The molecule has 0 N–H and O–H groups in total. The maximum atomic E-state index is 13.9. The van der Waals surface area contributed by atoms with Crippen molar-refractivity contribution in [1.82, 2.24) is 0 Å². The van der Waals surface area contributed by atoms with Gasteiger partial charge in [-0.2, -0.15) is 0 Å². The van der Waals surface area contributed by atoms with Crippen molar-refractivity contribution < 1.29 is 4.79 Å². The number of carbonyl (C=O) groups is 1. The van der Waals surface area contributed by atoms with E-state index in [2.05, 4.69) is 91.9 Å². The van der Waals surface area contributed by atoms with Crippen molar-refractivity contribution in [2.75, 3.05) is 4.90 Å². The van der Waals surface area contributed by atoms with Crippen molar-refractivity contribution in [2.24, 2.45) is 0 Å². The summed E-state index contributed by atoms with van der Waals surface area (Å²) in [6.45, 7) is 2.07. The minimum absolute atomic E-state index is 0.0414. The van der Waals surface area contributed by atoms with Crippen LogP contribution < -0.4 is 4.90 Å². The average Bonchev–Trinajstić information content (AvgIpc) is 3.20. The van der Waals surface area contributed by atoms with Crippen LogP contribution in [0.25, 0.3) is 27.6 Å². The van der Waals surface area contributed by atoms with Crippen molar-refractivity contribution in [3.05, 3.63) is 131 Å². The third-order valence-electron chi connectivity index (χ3n) is 6.39. The van der Waals surface area contributed by atoms with Gasteiger partial charge < -0.3 is 0 Å². The van der Waals surface area contributed by atoms with E-state index in [1.165, 1.54) is 16.3 Å². The molecule has 164 valence electrons. The molecule has 6 rings (SSSR count). The molecule has 34 heavy (non-hydrogen) atoms. The van der Waals surface area contributed by atoms with Gasteiger partial charge in [-0.1, -0.05) is 108 Å². The topological polar surface area (TPSA) is 20.3 Å². The monoisotopic (exact) mass is 457 g/mol. The lowest BCUT2D eigenvalue weighted by atomic mass is 9.96. The summed E-state index contributed by atoms with van der Waals surface area (Å²) in [7, 11) is 0. The highest BCUT2D eigenvalue weighted by Crippen LogP contribution is 2.49. The van der Waals surface area contributed by atoms with Gasteiger partial charge in [0, 0.05) is 5.69 Å². The van der Waals surface area contributed by atoms with E-state index in [1.54, 1.807) is 11.8 Å². The zero-order valence-corrected chi connectivity index (χ0v) is 19.6. The number of aryl methyl sites for hydroxylation is 1. The highest BCUT2D eigenvalue weighted by atomic mass is 32.2. The molecule has 0 radical (unpaired) electrons. The van der Waals surface area contributed by atoms with Gasteiger partial charge in [-0.15, -0.1) is 0 Å². The average molecular weight is 458 g/mol. The lowest BCUT2D eigenvalue weighted by molar-refractivity contribution is -0.114. The second-order valence-electron chi connectivity index (χ2n) is 8.63. The predicted molar refractivity (Wildman–Crippen MR) is 145 cm³/mol. The van der Waals surface area contributed by atoms with Crippen LogP contribution in [0.2, 0.25) is 0 Å². The molecule has 1 amide bonds. The number of nitrogens with zero attached hydrogens (tertiary/aromatic N) is 1. The molecule has 1 heterocycles. The van der Waals surface area contributed by atoms with Crippen molar-refractivity contribution in [3.8, 4) is 0 Å². The zero-order chi connectivity index (χ0) is 23.1. The fourth-order valence-electron chi connectivity index (χ4n) is 4.67. The summed E-state index contributed by atoms with van der Waals surface area (Å²) < 4.78 is 0. The third-order valence-corrected chi connectivity index (χ3v) is 7.64. The molecule has 0 aromatic heterocycles. The molecule has 1 saturated heterocycles. The number of hydrogen-bond acceptors (Lipinski definition) is 2. The second-order valence-corrected chi connectivity index (χ2v) is 9.75. The third kappa shape index (κ3) is 3.59. The van der Waals surface area contributed by atoms with Gasteiger partial charge in [-0.3, -0.25) is 9.69 Å². The largest absolute Gasteiger partial charge is 0.291 e. The first kappa shape index (κ1) is 20.8. The van der Waals surface area contributed by atoms with Crippen molar-refractivity contribution >= 4 is 51.0 Å². The summed E-state index contributed by atoms with van der Waals surface area (Å²) in [5.74, 6) is 0.0414. The lowest BCUT2D eigenvalue weighted by Crippen LogP contribution is -2.27. The van der Waals surface area contributed by atoms with E-state index in [4.69, 9.17) is 0 Å². The molecule has 0 aliphatic carbocycles. The van der Waals surface area contributed by atoms with Gasteiger partial charge in [0.05, 0.1) is 4.91 Å². The summed E-state index contributed by atoms with van der Waals surface area (Å²) in [4.78, 5) is 16.6. The fraction of sp³-hybridized carbons (Fsp3) is 0.0645. The number of carbonyl (C=O) groups excluding carboxylic acids is 1. The van der Waals surface area contributed by atoms with Crippen LogP contribution in [0.5, 0.6) is 0 Å². The summed E-state index contributed by atoms with van der Waals surface area (Å²) in [5, 5.41) is 4.57. The van der Waals surface area contributed by atoms with Crippen LogP contribution in [0.1, 0.15) is 22.1 Å². The first-order chi connectivity index (χ1) is 16.7. The summed E-state index contributed by atoms with van der Waals surface area (Å²) in [6.07, 6.45) is 2.10. The Bertz CT molecular complexity index is 1500. The molecule has 1 aliphatic heterocycles. The number of amides is 1. The van der Waals surface area contributed by atoms with E-state index in [0.717, 1.165) is 32.5 Å². The summed E-state index contributed by atoms with van der Waals surface area (Å²) >= 11 is 1.63. The minimum atomic E-state index is -0.108. The molecular weight excluding hydrogens is 434 g/mol. The van der Waals surface area contributed by atoms with E-state index >= 15 is 0 Å². The van der Waals surface area contributed by atoms with E-state index in [-0.39, 0.29) is 11.3 Å². The quantitative estimate of drug-likeness (QED) is 0.201. The van der Waals surface area contributed by atoms with Gasteiger partial charge in [0.15, 0.2) is 0 Å². The van der Waals surface area contributed by atoms with Crippen LogP contribution in [0.3, 0.4) is 0 Å². The fourth-order valence-corrected chi connectivity index (χ4v) is 5.91. The SMILES string of the molecule is Cc1ccc(N2C(=O)/C(=C/c3c4ccccc4cc4ccccc34)SC2c2ccccc2)cc1. The van der Waals surface area contributed by atoms with Gasteiger partial charge in [-0.05, 0) is 63.9 Å². The number of benzene rings is 5. The Labute approximate surface area is 203 Å². The zero-order valence-electron chi connectivity index (χ0n) is 18.8. The number of rotatable bonds is 3. The van der Waals surface area contributed by atoms with Crippen LogP contribution in [0, 0.1) is 6.92 Å². The first-order valence-electron chi connectivity index (χ1n) is 11.4. The number of fused-ring (bicyclic) bond motifs is 2. The Morgan fingerprint density at radius 3 is 1.97 bits per heavy atom. The summed E-state index contributed by atoms with van der Waals surface area (Å²) in [5.41, 5.74) is 4.31. The van der Waals surface area contributed by atoms with Crippen molar-refractivity contribution in [2.45, 2.75) is 12.3 Å². The standard InChI is InChI=1S/C31H23NOS/c1-21-15-17-25(18-16-21)32-30(33)29(34-31(32)22-9-3-2-4-10-22)20-28-26-13-7-5-11-23(26)19-24-12-6-8-14-27(24)28/h2-20,31H,1H3/b29-20-. The number of hydrogen-bond donors (Lipinski definition) is 0. The van der Waals surface area contributed by atoms with Crippen molar-refractivity contribution in [1.29, 1.82) is 0 Å². The van der Waals surface area contributed by atoms with Crippen LogP contribution in [-0.4, -0.2) is 5.91 Å². The van der Waals surface area contributed by atoms with Crippen LogP contribution in [0.4, 0.5) is 5.69 Å². The summed E-state index contributed by atoms with van der Waals surface area (Å²) in [6, 6.07) is 37.5. The van der Waals surface area contributed by atoms with Crippen molar-refractivity contribution in [3.63, 3.8) is 0 Å². The molecular formula is C31H23NOS. The Kier molecular flexibility index (Phi) is 5.20. The Morgan fingerprint density at radius 1 is 0.735 bits per heavy atom. The smallest absolute Gasteiger partial charge is 0.266 e. The molecule has 5 aromatic rings. The molecule has 1 unspecified atom stereocenters. The normalized spacial score (nSPS) is 17.2. The Balaban J connectivity index is 1.54. The number of anilines is 1. The van der Waals surface area contributed by atoms with Crippen LogP contribution in [-0.2, 0) is 4.79 Å². The molecule has 2 nitrogen and oxygen atoms in total. The molecule has 0 spiro atoms. The molecule has 1 atom stereocenters. The molecule has 5 aromatic carbocycles. The number of thioether (sulfide) groups is 1. The molecule has 1 aliphatic rings. The minimum Gasteiger partial charge on any atom is -0.291 e. The molecule has 0 bridgehead atoms. The van der Waals surface area contributed by atoms with Gasteiger partial charge in [0.2, 0.25) is 0 Å². The van der Waals surface area contributed by atoms with Gasteiger partial charge >= 0.3 is 0 Å². The van der Waals surface area contributed by atoms with E-state index in [1.807, 2.05) is 35.2 Å². The maximum Gasteiger partial charge on any atom is 0.266 e. The maximum absolute atomic E-state index is 13.9. The second kappa shape index (κ2) is 8.51. The Hall–Kier alpha value is -3.82. The molecule has 0 saturated carbocycles. The lowest BCUT2D eigenvalue weighted by Gasteiger charge is -2.23. The van der Waals surface area contributed by atoms with E-state index < -0.39 is 0 Å². The molecule has 3 heteroatoms. The van der Waals surface area contributed by atoms with Gasteiger partial charge in [0.1, 0.15) is 5.37 Å². The van der Waals surface area contributed by atoms with Gasteiger partial charge in [0.25, 0.3) is 5.91 Å². The van der Waals surface area contributed by atoms with E-state index in [9.17, 15) is 4.79 Å². The highest BCUT2D eigenvalue weighted by Gasteiger charge is 2.38. The highest BCUT2D eigenvalue weighted by molar-refractivity contribution is 8.05. The Morgan fingerprint density at radius 2 is 1.32 bits per heavy atom. The molecule has 1 fully saturated rings. The predicted octanol–water partition coefficient (Wildman–Crippen LogP) is 8.12. The first-order valence-corrected chi connectivity index (χ1v) is 12.3. The van der Waals surface area contributed by atoms with Gasteiger partial charge in [-0.25, -0.2) is 0 Å². The van der Waals surface area contributed by atoms with Crippen LogP contribution >= 0.6 is 11.8 Å². The van der Waals surface area contributed by atoms with Crippen LogP contribution in [0.15, 0.2) is 114 Å². The van der Waals surface area contributed by atoms with E-state index in [0.29, 0.717) is 0 Å².